The number of nitrogens with one attached hydrogen (secondary N) is 2. The van der Waals surface area contributed by atoms with Gasteiger partial charge in [0.1, 0.15) is 0 Å². The maximum absolute atomic E-state index is 12.0. The lowest BCUT2D eigenvalue weighted by atomic mass is 10.0. The molecule has 2 aromatic rings. The number of fused-ring (bicyclic) bond motifs is 1. The maximum atomic E-state index is 12.0. The van der Waals surface area contributed by atoms with Crippen molar-refractivity contribution in [1.82, 2.24) is 4.98 Å². The number of aromatic nitrogens is 1. The van der Waals surface area contributed by atoms with Crippen LogP contribution < -0.4 is 5.32 Å². The number of rotatable bonds is 4. The summed E-state index contributed by atoms with van der Waals surface area (Å²) in [6.45, 7) is 0. The first-order valence-corrected chi connectivity index (χ1v) is 7.12. The van der Waals surface area contributed by atoms with E-state index in [9.17, 15) is 9.59 Å². The van der Waals surface area contributed by atoms with Crippen LogP contribution in [0.3, 0.4) is 0 Å². The van der Waals surface area contributed by atoms with E-state index in [1.807, 2.05) is 18.2 Å². The molecule has 1 amide bonds. The van der Waals surface area contributed by atoms with Gasteiger partial charge in [0.25, 0.3) is 0 Å². The minimum atomic E-state index is 0.0819. The molecule has 0 unspecified atom stereocenters. The van der Waals surface area contributed by atoms with Gasteiger partial charge in [0.05, 0.1) is 0 Å². The SMILES string of the molecule is O=Cc1c[nH]c2cc(NC(=O)CC3CCCC3)ccc12. The summed E-state index contributed by atoms with van der Waals surface area (Å²) in [6, 6.07) is 5.57. The standard InChI is InChI=1S/C16H18N2O2/c19-10-12-9-17-15-8-13(5-6-14(12)15)18-16(20)7-11-3-1-2-4-11/h5-6,8-11,17H,1-4,7H2,(H,18,20). The predicted octanol–water partition coefficient (Wildman–Crippen LogP) is 3.50. The number of anilines is 1. The van der Waals surface area contributed by atoms with E-state index in [1.165, 1.54) is 25.7 Å². The van der Waals surface area contributed by atoms with E-state index in [4.69, 9.17) is 0 Å². The Morgan fingerprint density at radius 2 is 2.15 bits per heavy atom. The van der Waals surface area contributed by atoms with Gasteiger partial charge in [0.15, 0.2) is 6.29 Å². The van der Waals surface area contributed by atoms with Crippen LogP contribution in [0.5, 0.6) is 0 Å². The molecule has 1 aromatic heterocycles. The monoisotopic (exact) mass is 270 g/mol. The Morgan fingerprint density at radius 1 is 1.35 bits per heavy atom. The van der Waals surface area contributed by atoms with Crippen molar-refractivity contribution in [2.75, 3.05) is 5.32 Å². The van der Waals surface area contributed by atoms with Gasteiger partial charge < -0.3 is 10.3 Å². The summed E-state index contributed by atoms with van der Waals surface area (Å²) in [7, 11) is 0. The van der Waals surface area contributed by atoms with Gasteiger partial charge in [0, 0.05) is 34.8 Å². The summed E-state index contributed by atoms with van der Waals surface area (Å²) < 4.78 is 0. The summed E-state index contributed by atoms with van der Waals surface area (Å²) >= 11 is 0. The van der Waals surface area contributed by atoms with Gasteiger partial charge in [-0.05, 0) is 30.9 Å². The Balaban J connectivity index is 1.70. The zero-order chi connectivity index (χ0) is 13.9. The molecule has 0 bridgehead atoms. The van der Waals surface area contributed by atoms with Crippen LogP contribution in [-0.2, 0) is 4.79 Å². The molecule has 4 heteroatoms. The number of amides is 1. The number of H-pyrrole nitrogens is 1. The van der Waals surface area contributed by atoms with Crippen LogP contribution in [0, 0.1) is 5.92 Å². The lowest BCUT2D eigenvalue weighted by Crippen LogP contribution is -2.15. The molecule has 4 nitrogen and oxygen atoms in total. The highest BCUT2D eigenvalue weighted by molar-refractivity contribution is 6.00. The Morgan fingerprint density at radius 3 is 2.90 bits per heavy atom. The fourth-order valence-corrected chi connectivity index (χ4v) is 3.01. The first kappa shape index (κ1) is 12.9. The number of carbonyl (C=O) groups is 2. The molecule has 1 aliphatic carbocycles. The van der Waals surface area contributed by atoms with E-state index in [0.717, 1.165) is 22.9 Å². The van der Waals surface area contributed by atoms with Gasteiger partial charge >= 0.3 is 0 Å². The third-order valence-corrected chi connectivity index (χ3v) is 4.07. The van der Waals surface area contributed by atoms with Crippen molar-refractivity contribution in [2.45, 2.75) is 32.1 Å². The number of benzene rings is 1. The first-order chi connectivity index (χ1) is 9.76. The van der Waals surface area contributed by atoms with Gasteiger partial charge in [-0.2, -0.15) is 0 Å². The van der Waals surface area contributed by atoms with Crippen molar-refractivity contribution in [3.05, 3.63) is 30.0 Å². The zero-order valence-electron chi connectivity index (χ0n) is 11.3. The van der Waals surface area contributed by atoms with Crippen molar-refractivity contribution in [3.8, 4) is 0 Å². The number of hydrogen-bond acceptors (Lipinski definition) is 2. The quantitative estimate of drug-likeness (QED) is 0.835. The molecule has 1 aromatic carbocycles. The van der Waals surface area contributed by atoms with E-state index in [1.54, 1.807) is 6.20 Å². The fraction of sp³-hybridized carbons (Fsp3) is 0.375. The Kier molecular flexibility index (Phi) is 3.54. The van der Waals surface area contributed by atoms with Crippen molar-refractivity contribution in [2.24, 2.45) is 5.92 Å². The molecular weight excluding hydrogens is 252 g/mol. The lowest BCUT2D eigenvalue weighted by Gasteiger charge is -2.09. The zero-order valence-corrected chi connectivity index (χ0v) is 11.3. The van der Waals surface area contributed by atoms with E-state index in [-0.39, 0.29) is 5.91 Å². The second kappa shape index (κ2) is 5.49. The summed E-state index contributed by atoms with van der Waals surface area (Å²) in [6.07, 6.45) is 7.97. The smallest absolute Gasteiger partial charge is 0.224 e. The van der Waals surface area contributed by atoms with Gasteiger partial charge in [-0.3, -0.25) is 9.59 Å². The van der Waals surface area contributed by atoms with Crippen LogP contribution in [0.2, 0.25) is 0 Å². The summed E-state index contributed by atoms with van der Waals surface area (Å²) in [5, 5.41) is 3.82. The number of hydrogen-bond donors (Lipinski definition) is 2. The van der Waals surface area contributed by atoms with E-state index in [0.29, 0.717) is 17.9 Å². The highest BCUT2D eigenvalue weighted by Crippen LogP contribution is 2.28. The van der Waals surface area contributed by atoms with Crippen LogP contribution >= 0.6 is 0 Å². The molecule has 0 aliphatic heterocycles. The van der Waals surface area contributed by atoms with Crippen LogP contribution in [0.25, 0.3) is 10.9 Å². The average molecular weight is 270 g/mol. The average Bonchev–Trinajstić information content (AvgIpc) is 3.07. The maximum Gasteiger partial charge on any atom is 0.224 e. The molecule has 0 saturated heterocycles. The van der Waals surface area contributed by atoms with E-state index >= 15 is 0 Å². The molecule has 20 heavy (non-hydrogen) atoms. The Bertz CT molecular complexity index is 639. The van der Waals surface area contributed by atoms with Crippen LogP contribution in [-0.4, -0.2) is 17.2 Å². The molecule has 2 N–H and O–H groups in total. The van der Waals surface area contributed by atoms with Crippen LogP contribution in [0.15, 0.2) is 24.4 Å². The minimum Gasteiger partial charge on any atom is -0.360 e. The fourth-order valence-electron chi connectivity index (χ4n) is 3.01. The molecule has 3 rings (SSSR count). The van der Waals surface area contributed by atoms with Gasteiger partial charge in [-0.25, -0.2) is 0 Å². The van der Waals surface area contributed by atoms with Gasteiger partial charge in [-0.1, -0.05) is 18.9 Å². The van der Waals surface area contributed by atoms with Crippen molar-refractivity contribution in [3.63, 3.8) is 0 Å². The third kappa shape index (κ3) is 2.59. The third-order valence-electron chi connectivity index (χ3n) is 4.07. The van der Waals surface area contributed by atoms with Crippen LogP contribution in [0.1, 0.15) is 42.5 Å². The number of carbonyl (C=O) groups excluding carboxylic acids is 2. The molecular formula is C16H18N2O2. The summed E-state index contributed by atoms with van der Waals surface area (Å²) in [4.78, 5) is 25.9. The second-order valence-corrected chi connectivity index (χ2v) is 5.53. The topological polar surface area (TPSA) is 62.0 Å². The van der Waals surface area contributed by atoms with Crippen molar-refractivity contribution in [1.29, 1.82) is 0 Å². The predicted molar refractivity (Wildman–Crippen MR) is 78.9 cm³/mol. The Labute approximate surface area is 117 Å². The molecule has 1 saturated carbocycles. The first-order valence-electron chi connectivity index (χ1n) is 7.12. The largest absolute Gasteiger partial charge is 0.360 e. The molecule has 1 fully saturated rings. The Hall–Kier alpha value is -2.10. The molecule has 1 heterocycles. The normalized spacial score (nSPS) is 15.6. The molecule has 0 spiro atoms. The molecule has 0 radical (unpaired) electrons. The lowest BCUT2D eigenvalue weighted by molar-refractivity contribution is -0.117. The van der Waals surface area contributed by atoms with E-state index < -0.39 is 0 Å². The minimum absolute atomic E-state index is 0.0819. The van der Waals surface area contributed by atoms with Crippen LogP contribution in [0.4, 0.5) is 5.69 Å². The molecule has 0 atom stereocenters. The molecule has 104 valence electrons. The van der Waals surface area contributed by atoms with E-state index in [2.05, 4.69) is 10.3 Å². The second-order valence-electron chi connectivity index (χ2n) is 5.53. The highest BCUT2D eigenvalue weighted by atomic mass is 16.1. The van der Waals surface area contributed by atoms with Gasteiger partial charge in [0.2, 0.25) is 5.91 Å². The van der Waals surface area contributed by atoms with Crippen molar-refractivity contribution >= 4 is 28.8 Å². The molecule has 1 aliphatic rings. The summed E-state index contributed by atoms with van der Waals surface area (Å²) in [5.74, 6) is 0.629. The number of aldehydes is 1. The highest BCUT2D eigenvalue weighted by Gasteiger charge is 2.18. The summed E-state index contributed by atoms with van der Waals surface area (Å²) in [5.41, 5.74) is 2.29. The van der Waals surface area contributed by atoms with Gasteiger partial charge in [-0.15, -0.1) is 0 Å². The number of aromatic amines is 1. The van der Waals surface area contributed by atoms with Crippen molar-refractivity contribution < 1.29 is 9.59 Å².